The van der Waals surface area contributed by atoms with Gasteiger partial charge in [-0.3, -0.25) is 9.78 Å². The second-order valence-electron chi connectivity index (χ2n) is 6.70. The van der Waals surface area contributed by atoms with Gasteiger partial charge in [0.2, 0.25) is 0 Å². The number of nitrogens with one attached hydrogen (secondary N) is 1. The molecular weight excluding hydrogens is 359 g/mol. The molecule has 132 valence electrons. The number of hydrogen-bond acceptors (Lipinski definition) is 3. The predicted octanol–water partition coefficient (Wildman–Crippen LogP) is 4.22. The summed E-state index contributed by atoms with van der Waals surface area (Å²) in [6.45, 7) is 3.83. The first-order valence-corrected chi connectivity index (χ1v) is 8.88. The van der Waals surface area contributed by atoms with Crippen molar-refractivity contribution in [2.75, 3.05) is 0 Å². The lowest BCUT2D eigenvalue weighted by Crippen LogP contribution is -2.46. The van der Waals surface area contributed by atoms with Gasteiger partial charge >= 0.3 is 0 Å². The Labute approximate surface area is 157 Å². The summed E-state index contributed by atoms with van der Waals surface area (Å²) in [6.07, 6.45) is 2.46. The molecule has 0 aliphatic heterocycles. The maximum absolute atomic E-state index is 12.4. The van der Waals surface area contributed by atoms with Crippen LogP contribution in [0.2, 0.25) is 0 Å². The largest absolute Gasteiger partial charge is 0.478 e. The van der Waals surface area contributed by atoms with Crippen LogP contribution in [0.15, 0.2) is 48.7 Å². The number of benzene rings is 1. The summed E-state index contributed by atoms with van der Waals surface area (Å²) in [4.78, 5) is 16.6. The number of alkyl halides is 2. The predicted molar refractivity (Wildman–Crippen MR) is 99.0 cm³/mol. The lowest BCUT2D eigenvalue weighted by molar-refractivity contribution is -0.134. The SMILES string of the molecule is CC(C)(Oc1ccc([C@@H]2CC2(Cl)Cl)cc1)C(=O)NCc1ccccn1. The number of aromatic nitrogens is 1. The van der Waals surface area contributed by atoms with Crippen LogP contribution in [0, 0.1) is 0 Å². The van der Waals surface area contributed by atoms with Crippen molar-refractivity contribution in [2.24, 2.45) is 0 Å². The highest BCUT2D eigenvalue weighted by Crippen LogP contribution is 2.59. The molecule has 3 rings (SSSR count). The van der Waals surface area contributed by atoms with Crippen LogP contribution in [0.5, 0.6) is 5.75 Å². The monoisotopic (exact) mass is 378 g/mol. The van der Waals surface area contributed by atoms with Crippen LogP contribution in [0.4, 0.5) is 0 Å². The van der Waals surface area contributed by atoms with Crippen molar-refractivity contribution in [3.63, 3.8) is 0 Å². The Morgan fingerprint density at radius 1 is 1.28 bits per heavy atom. The van der Waals surface area contributed by atoms with E-state index in [9.17, 15) is 4.79 Å². The van der Waals surface area contributed by atoms with Crippen LogP contribution < -0.4 is 10.1 Å². The van der Waals surface area contributed by atoms with Crippen LogP contribution >= 0.6 is 23.2 Å². The van der Waals surface area contributed by atoms with Gasteiger partial charge < -0.3 is 10.1 Å². The van der Waals surface area contributed by atoms with E-state index in [1.807, 2.05) is 42.5 Å². The van der Waals surface area contributed by atoms with Crippen molar-refractivity contribution in [3.05, 3.63) is 59.9 Å². The molecule has 2 aromatic rings. The highest BCUT2D eigenvalue weighted by molar-refractivity contribution is 6.51. The Morgan fingerprint density at radius 3 is 2.52 bits per heavy atom. The summed E-state index contributed by atoms with van der Waals surface area (Å²) in [5.41, 5.74) is 0.874. The molecule has 1 aromatic carbocycles. The minimum atomic E-state index is -1.00. The third-order valence-corrected chi connectivity index (χ3v) is 5.02. The smallest absolute Gasteiger partial charge is 0.263 e. The third-order valence-electron chi connectivity index (χ3n) is 4.18. The second kappa shape index (κ2) is 6.85. The summed E-state index contributed by atoms with van der Waals surface area (Å²) < 4.78 is 5.21. The van der Waals surface area contributed by atoms with Crippen molar-refractivity contribution in [1.82, 2.24) is 10.3 Å². The van der Waals surface area contributed by atoms with E-state index in [-0.39, 0.29) is 11.8 Å². The molecule has 1 atom stereocenters. The Hall–Kier alpha value is -1.78. The number of carbonyl (C=O) groups is 1. The summed E-state index contributed by atoms with van der Waals surface area (Å²) in [7, 11) is 0. The fraction of sp³-hybridized carbons (Fsp3) is 0.368. The van der Waals surface area contributed by atoms with E-state index in [1.54, 1.807) is 20.0 Å². The van der Waals surface area contributed by atoms with Gasteiger partial charge in [-0.05, 0) is 50.1 Å². The molecular formula is C19H20Cl2N2O2. The zero-order chi connectivity index (χ0) is 18.1. The van der Waals surface area contributed by atoms with Crippen molar-refractivity contribution >= 4 is 29.1 Å². The first-order chi connectivity index (χ1) is 11.8. The van der Waals surface area contributed by atoms with E-state index in [4.69, 9.17) is 27.9 Å². The highest BCUT2D eigenvalue weighted by atomic mass is 35.5. The number of ether oxygens (including phenoxy) is 1. The molecule has 1 amide bonds. The number of amides is 1. The second-order valence-corrected chi connectivity index (χ2v) is 8.25. The van der Waals surface area contributed by atoms with Gasteiger partial charge in [-0.25, -0.2) is 0 Å². The van der Waals surface area contributed by atoms with Gasteiger partial charge in [0.1, 0.15) is 10.1 Å². The quantitative estimate of drug-likeness (QED) is 0.765. The number of halogens is 2. The van der Waals surface area contributed by atoms with Crippen LogP contribution in [0.3, 0.4) is 0 Å². The molecule has 1 aliphatic rings. The fourth-order valence-electron chi connectivity index (χ4n) is 2.57. The van der Waals surface area contributed by atoms with Gasteiger partial charge in [0, 0.05) is 12.1 Å². The number of pyridine rings is 1. The molecule has 0 spiro atoms. The van der Waals surface area contributed by atoms with E-state index in [2.05, 4.69) is 10.3 Å². The normalized spacial score (nSPS) is 18.5. The van der Waals surface area contributed by atoms with E-state index < -0.39 is 9.93 Å². The van der Waals surface area contributed by atoms with E-state index in [0.717, 1.165) is 17.7 Å². The molecule has 6 heteroatoms. The first kappa shape index (κ1) is 18.0. The first-order valence-electron chi connectivity index (χ1n) is 8.13. The van der Waals surface area contributed by atoms with Gasteiger partial charge in [-0.1, -0.05) is 18.2 Å². The van der Waals surface area contributed by atoms with Crippen LogP contribution in [0.1, 0.15) is 37.4 Å². The molecule has 1 saturated carbocycles. The number of rotatable bonds is 6. The van der Waals surface area contributed by atoms with E-state index in [1.165, 1.54) is 0 Å². The molecule has 25 heavy (non-hydrogen) atoms. The van der Waals surface area contributed by atoms with Crippen molar-refractivity contribution in [3.8, 4) is 5.75 Å². The lowest BCUT2D eigenvalue weighted by atomic mass is 10.1. The van der Waals surface area contributed by atoms with Gasteiger partial charge in [-0.15, -0.1) is 23.2 Å². The minimum Gasteiger partial charge on any atom is -0.478 e. The Bertz CT molecular complexity index is 746. The number of nitrogens with zero attached hydrogens (tertiary/aromatic N) is 1. The molecule has 1 fully saturated rings. The molecule has 0 radical (unpaired) electrons. The van der Waals surface area contributed by atoms with E-state index in [0.29, 0.717) is 12.3 Å². The van der Waals surface area contributed by atoms with Crippen molar-refractivity contribution < 1.29 is 9.53 Å². The third kappa shape index (κ3) is 4.44. The zero-order valence-electron chi connectivity index (χ0n) is 14.1. The Morgan fingerprint density at radius 2 is 1.96 bits per heavy atom. The van der Waals surface area contributed by atoms with Crippen LogP contribution in [-0.4, -0.2) is 20.8 Å². The Balaban J connectivity index is 1.57. The van der Waals surface area contributed by atoms with Crippen molar-refractivity contribution in [2.45, 2.75) is 42.7 Å². The molecule has 0 unspecified atom stereocenters. The van der Waals surface area contributed by atoms with Gasteiger partial charge in [0.25, 0.3) is 5.91 Å². The summed E-state index contributed by atoms with van der Waals surface area (Å²) >= 11 is 12.2. The molecule has 1 aromatic heterocycles. The average Bonchev–Trinajstić information content (AvgIpc) is 3.22. The highest BCUT2D eigenvalue weighted by Gasteiger charge is 2.52. The fourth-order valence-corrected chi connectivity index (χ4v) is 3.13. The number of carbonyl (C=O) groups excluding carboxylic acids is 1. The molecule has 1 heterocycles. The van der Waals surface area contributed by atoms with Crippen molar-refractivity contribution in [1.29, 1.82) is 0 Å². The van der Waals surface area contributed by atoms with Gasteiger partial charge in [-0.2, -0.15) is 0 Å². The maximum atomic E-state index is 12.4. The molecule has 0 saturated heterocycles. The Kier molecular flexibility index (Phi) is 4.94. The standard InChI is InChI=1S/C19H20Cl2N2O2/c1-18(2,17(24)23-12-14-5-3-4-10-22-14)25-15-8-6-13(7-9-15)16-11-19(16,20)21/h3-10,16H,11-12H2,1-2H3,(H,23,24)/t16-/m0/s1. The summed E-state index contributed by atoms with van der Waals surface area (Å²) in [5.74, 6) is 0.585. The van der Waals surface area contributed by atoms with Gasteiger partial charge in [0.15, 0.2) is 5.60 Å². The van der Waals surface area contributed by atoms with E-state index >= 15 is 0 Å². The van der Waals surface area contributed by atoms with Crippen LogP contribution in [0.25, 0.3) is 0 Å². The minimum absolute atomic E-state index is 0.166. The average molecular weight is 379 g/mol. The van der Waals surface area contributed by atoms with Crippen LogP contribution in [-0.2, 0) is 11.3 Å². The molecule has 1 aliphatic carbocycles. The summed E-state index contributed by atoms with van der Waals surface area (Å²) in [6, 6.07) is 13.1. The maximum Gasteiger partial charge on any atom is 0.263 e. The van der Waals surface area contributed by atoms with Gasteiger partial charge in [0.05, 0.1) is 12.2 Å². The molecule has 1 N–H and O–H groups in total. The zero-order valence-corrected chi connectivity index (χ0v) is 15.6. The lowest BCUT2D eigenvalue weighted by Gasteiger charge is -2.25. The number of hydrogen-bond donors (Lipinski definition) is 1. The molecule has 4 nitrogen and oxygen atoms in total. The molecule has 0 bridgehead atoms. The summed E-state index contributed by atoms with van der Waals surface area (Å²) in [5, 5.41) is 2.85. The topological polar surface area (TPSA) is 51.2 Å².